The molecule has 0 aliphatic carbocycles. The molecule has 0 unspecified atom stereocenters. The van der Waals surface area contributed by atoms with Gasteiger partial charge in [0.05, 0.1) is 6.61 Å². The molecule has 3 atom stereocenters. The highest BCUT2D eigenvalue weighted by atomic mass is 16.5. The van der Waals surface area contributed by atoms with Crippen molar-refractivity contribution < 1.29 is 34.8 Å². The molecule has 7 nitrogen and oxygen atoms in total. The number of unbranched alkanes of at least 4 members (excludes halogenated alkanes) is 6. The van der Waals surface area contributed by atoms with E-state index in [4.69, 9.17) is 14.9 Å². The Morgan fingerprint density at radius 2 is 1.52 bits per heavy atom. The Bertz CT molecular complexity index is 332. The van der Waals surface area contributed by atoms with E-state index in [1.165, 1.54) is 19.3 Å². The van der Waals surface area contributed by atoms with Crippen molar-refractivity contribution in [2.45, 2.75) is 76.6 Å². The molecule has 0 rings (SSSR count). The van der Waals surface area contributed by atoms with Crippen molar-refractivity contribution in [1.29, 1.82) is 0 Å². The summed E-state index contributed by atoms with van der Waals surface area (Å²) in [5, 5.41) is 36.6. The van der Waals surface area contributed by atoms with E-state index >= 15 is 0 Å². The number of hydrogen-bond donors (Lipinski definition) is 4. The number of hydrogen-bond acceptors (Lipinski definition) is 7. The van der Waals surface area contributed by atoms with Gasteiger partial charge in [0.1, 0.15) is 18.3 Å². The molecule has 0 aromatic heterocycles. The van der Waals surface area contributed by atoms with Crippen LogP contribution in [0.5, 0.6) is 0 Å². The van der Waals surface area contributed by atoms with Crippen LogP contribution in [0, 0.1) is 0 Å². The zero-order valence-corrected chi connectivity index (χ0v) is 13.8. The van der Waals surface area contributed by atoms with E-state index in [1.54, 1.807) is 0 Å². The van der Waals surface area contributed by atoms with Crippen LogP contribution in [0.25, 0.3) is 0 Å². The maximum Gasteiger partial charge on any atom is 0.306 e. The third-order valence-electron chi connectivity index (χ3n) is 3.59. The molecule has 23 heavy (non-hydrogen) atoms. The van der Waals surface area contributed by atoms with Crippen molar-refractivity contribution in [3.63, 3.8) is 0 Å². The van der Waals surface area contributed by atoms with Crippen LogP contribution < -0.4 is 0 Å². The normalized spacial score (nSPS) is 15.0. The molecular formula is C16H30O7. The largest absolute Gasteiger partial charge is 0.458 e. The van der Waals surface area contributed by atoms with Crippen molar-refractivity contribution in [1.82, 2.24) is 0 Å². The molecule has 0 saturated heterocycles. The summed E-state index contributed by atoms with van der Waals surface area (Å²) in [5.41, 5.74) is 0. The van der Waals surface area contributed by atoms with Crippen LogP contribution >= 0.6 is 0 Å². The predicted molar refractivity (Wildman–Crippen MR) is 83.7 cm³/mol. The van der Waals surface area contributed by atoms with E-state index in [0.29, 0.717) is 6.42 Å². The molecule has 0 fully saturated rings. The van der Waals surface area contributed by atoms with Gasteiger partial charge in [-0.2, -0.15) is 0 Å². The number of carbonyl (C=O) groups excluding carboxylic acids is 2. The topological polar surface area (TPSA) is 124 Å². The van der Waals surface area contributed by atoms with E-state index in [9.17, 15) is 19.8 Å². The number of ketones is 1. The van der Waals surface area contributed by atoms with Crippen molar-refractivity contribution in [2.24, 2.45) is 0 Å². The van der Waals surface area contributed by atoms with Gasteiger partial charge in [0.2, 0.25) is 5.78 Å². The molecule has 136 valence electrons. The number of aliphatic hydroxyl groups is 4. The van der Waals surface area contributed by atoms with Crippen LogP contribution in [-0.2, 0) is 14.3 Å². The molecule has 0 aromatic carbocycles. The minimum absolute atomic E-state index is 0.207. The zero-order chi connectivity index (χ0) is 17.7. The SMILES string of the molecule is CCCCCCCCCC(=O)OCC(=O)[C@H](O)[C@@H](O)[C@H](O)CO. The van der Waals surface area contributed by atoms with Crippen LogP contribution in [0.3, 0.4) is 0 Å². The minimum Gasteiger partial charge on any atom is -0.458 e. The van der Waals surface area contributed by atoms with Crippen LogP contribution in [0.1, 0.15) is 58.3 Å². The van der Waals surface area contributed by atoms with Gasteiger partial charge in [-0.25, -0.2) is 0 Å². The number of ether oxygens (including phenoxy) is 1. The second kappa shape index (κ2) is 13.4. The second-order valence-corrected chi connectivity index (χ2v) is 5.68. The van der Waals surface area contributed by atoms with E-state index in [0.717, 1.165) is 19.3 Å². The van der Waals surface area contributed by atoms with Gasteiger partial charge in [-0.15, -0.1) is 0 Å². The molecule has 7 heteroatoms. The average molecular weight is 334 g/mol. The quantitative estimate of drug-likeness (QED) is 0.266. The van der Waals surface area contributed by atoms with E-state index < -0.39 is 43.3 Å². The van der Waals surface area contributed by atoms with Crippen molar-refractivity contribution in [3.05, 3.63) is 0 Å². The fraction of sp³-hybridized carbons (Fsp3) is 0.875. The molecule has 0 spiro atoms. The lowest BCUT2D eigenvalue weighted by Gasteiger charge is -2.20. The van der Waals surface area contributed by atoms with Gasteiger partial charge in [0, 0.05) is 6.42 Å². The van der Waals surface area contributed by atoms with Crippen molar-refractivity contribution in [3.8, 4) is 0 Å². The summed E-state index contributed by atoms with van der Waals surface area (Å²) in [7, 11) is 0. The minimum atomic E-state index is -1.90. The van der Waals surface area contributed by atoms with Crippen LogP contribution in [0.2, 0.25) is 0 Å². The summed E-state index contributed by atoms with van der Waals surface area (Å²) in [4.78, 5) is 23.0. The number of aliphatic hydroxyl groups excluding tert-OH is 4. The highest BCUT2D eigenvalue weighted by Gasteiger charge is 2.30. The first-order chi connectivity index (χ1) is 10.9. The summed E-state index contributed by atoms with van der Waals surface area (Å²) in [6, 6.07) is 0. The van der Waals surface area contributed by atoms with Crippen LogP contribution in [0.15, 0.2) is 0 Å². The van der Waals surface area contributed by atoms with Gasteiger partial charge in [0.25, 0.3) is 0 Å². The molecule has 4 N–H and O–H groups in total. The predicted octanol–water partition coefficient (Wildman–Crippen LogP) is 0.314. The fourth-order valence-corrected chi connectivity index (χ4v) is 2.04. The number of rotatable bonds is 14. The summed E-state index contributed by atoms with van der Waals surface area (Å²) in [6.07, 6.45) is 2.32. The van der Waals surface area contributed by atoms with Crippen LogP contribution in [-0.4, -0.2) is 63.7 Å². The molecule has 0 amide bonds. The third-order valence-corrected chi connectivity index (χ3v) is 3.59. The maximum atomic E-state index is 11.5. The average Bonchev–Trinajstić information content (AvgIpc) is 2.56. The first-order valence-corrected chi connectivity index (χ1v) is 8.27. The van der Waals surface area contributed by atoms with E-state index in [2.05, 4.69) is 6.92 Å². The van der Waals surface area contributed by atoms with Crippen molar-refractivity contribution in [2.75, 3.05) is 13.2 Å². The lowest BCUT2D eigenvalue weighted by Crippen LogP contribution is -2.45. The van der Waals surface area contributed by atoms with E-state index in [1.807, 2.05) is 0 Å². The Morgan fingerprint density at radius 1 is 0.957 bits per heavy atom. The summed E-state index contributed by atoms with van der Waals surface area (Å²) in [6.45, 7) is 0.701. The molecule has 0 aromatic rings. The standard InChI is InChI=1S/C16H30O7/c1-2-3-4-5-6-7-8-9-14(20)23-11-13(19)16(22)15(21)12(18)10-17/h12,15-18,21-22H,2-11H2,1H3/t12-,15+,16+/m1/s1. The Kier molecular flexibility index (Phi) is 12.8. The first kappa shape index (κ1) is 22.0. The lowest BCUT2D eigenvalue weighted by atomic mass is 10.1. The zero-order valence-electron chi connectivity index (χ0n) is 13.8. The Balaban J connectivity index is 3.77. The van der Waals surface area contributed by atoms with Gasteiger partial charge < -0.3 is 25.2 Å². The molecular weight excluding hydrogens is 304 g/mol. The number of Topliss-reactive ketones (excluding diaryl/α,β-unsaturated/α-hetero) is 1. The Hall–Kier alpha value is -1.02. The maximum absolute atomic E-state index is 11.5. The molecule has 0 radical (unpaired) electrons. The summed E-state index contributed by atoms with van der Waals surface area (Å²) >= 11 is 0. The Morgan fingerprint density at radius 3 is 2.09 bits per heavy atom. The smallest absolute Gasteiger partial charge is 0.306 e. The monoisotopic (exact) mass is 334 g/mol. The van der Waals surface area contributed by atoms with Crippen molar-refractivity contribution >= 4 is 11.8 Å². The molecule has 0 aliphatic heterocycles. The summed E-state index contributed by atoms with van der Waals surface area (Å²) < 4.78 is 4.73. The van der Waals surface area contributed by atoms with Gasteiger partial charge in [-0.3, -0.25) is 9.59 Å². The number of carbonyl (C=O) groups is 2. The van der Waals surface area contributed by atoms with Gasteiger partial charge in [-0.05, 0) is 6.42 Å². The highest BCUT2D eigenvalue weighted by molar-refractivity contribution is 5.86. The van der Waals surface area contributed by atoms with Gasteiger partial charge >= 0.3 is 5.97 Å². The number of esters is 1. The van der Waals surface area contributed by atoms with Gasteiger partial charge in [0.15, 0.2) is 6.61 Å². The third kappa shape index (κ3) is 10.4. The Labute approximate surface area is 137 Å². The first-order valence-electron chi connectivity index (χ1n) is 8.27. The molecule has 0 bridgehead atoms. The van der Waals surface area contributed by atoms with E-state index in [-0.39, 0.29) is 6.42 Å². The fourth-order valence-electron chi connectivity index (χ4n) is 2.04. The molecule has 0 aliphatic rings. The molecule has 0 heterocycles. The molecule has 0 saturated carbocycles. The second-order valence-electron chi connectivity index (χ2n) is 5.68. The highest BCUT2D eigenvalue weighted by Crippen LogP contribution is 2.09. The summed E-state index contributed by atoms with van der Waals surface area (Å²) in [5.74, 6) is -1.45. The van der Waals surface area contributed by atoms with Gasteiger partial charge in [-0.1, -0.05) is 45.4 Å². The lowest BCUT2D eigenvalue weighted by molar-refractivity contribution is -0.155. The van der Waals surface area contributed by atoms with Crippen LogP contribution in [0.4, 0.5) is 0 Å².